The van der Waals surface area contributed by atoms with E-state index in [-0.39, 0.29) is 11.1 Å². The Hall–Kier alpha value is -1.83. The van der Waals surface area contributed by atoms with E-state index < -0.39 is 27.7 Å². The van der Waals surface area contributed by atoms with Crippen molar-refractivity contribution in [3.8, 4) is 0 Å². The van der Waals surface area contributed by atoms with Gasteiger partial charge in [-0.15, -0.1) is 0 Å². The van der Waals surface area contributed by atoms with Gasteiger partial charge in [0.1, 0.15) is 0 Å². The predicted octanol–water partition coefficient (Wildman–Crippen LogP) is 2.18. The fourth-order valence-electron chi connectivity index (χ4n) is 1.56. The van der Waals surface area contributed by atoms with Crippen molar-refractivity contribution in [2.45, 2.75) is 13.1 Å². The van der Waals surface area contributed by atoms with E-state index in [2.05, 4.69) is 0 Å². The van der Waals surface area contributed by atoms with Gasteiger partial charge in [0.05, 0.1) is 11.8 Å². The largest absolute Gasteiger partial charge is 0.416 e. The number of halogens is 3. The fourth-order valence-corrected chi connectivity index (χ4v) is 1.99. The van der Waals surface area contributed by atoms with Crippen molar-refractivity contribution in [2.24, 2.45) is 0 Å². The van der Waals surface area contributed by atoms with Gasteiger partial charge in [-0.05, 0) is 24.1 Å². The summed E-state index contributed by atoms with van der Waals surface area (Å²) in [6.07, 6.45) is -2.97. The highest BCUT2D eigenvalue weighted by atomic mass is 32.2. The van der Waals surface area contributed by atoms with Crippen LogP contribution in [0.1, 0.15) is 18.1 Å². The third-order valence-electron chi connectivity index (χ3n) is 2.29. The number of sulfonamides is 1. The lowest BCUT2D eigenvalue weighted by Gasteiger charge is -2.12. The normalized spacial score (nSPS) is 13.2. The van der Waals surface area contributed by atoms with Crippen LogP contribution in [-0.2, 0) is 21.0 Å². The van der Waals surface area contributed by atoms with Gasteiger partial charge in [0.25, 0.3) is 5.91 Å². The summed E-state index contributed by atoms with van der Waals surface area (Å²) in [5.74, 6) is -0.998. The fraction of sp³-hybridized carbons (Fsp3) is 0.250. The van der Waals surface area contributed by atoms with E-state index in [9.17, 15) is 26.4 Å². The molecule has 0 aromatic heterocycles. The number of amides is 1. The van der Waals surface area contributed by atoms with Gasteiger partial charge in [-0.1, -0.05) is 18.2 Å². The Balaban J connectivity index is 3.16. The van der Waals surface area contributed by atoms with Crippen molar-refractivity contribution in [3.05, 3.63) is 41.5 Å². The second-order valence-electron chi connectivity index (χ2n) is 4.11. The van der Waals surface area contributed by atoms with E-state index in [1.54, 1.807) is 4.72 Å². The lowest BCUT2D eigenvalue weighted by atomic mass is 10.00. The number of hydrogen-bond donors (Lipinski definition) is 1. The molecule has 0 heterocycles. The molecule has 1 aromatic carbocycles. The molecule has 20 heavy (non-hydrogen) atoms. The minimum atomic E-state index is -4.56. The SMILES string of the molecule is C/C(=C\C(=O)NS(C)(=O)=O)c1ccccc1C(F)(F)F. The van der Waals surface area contributed by atoms with Gasteiger partial charge in [-0.25, -0.2) is 13.1 Å². The van der Waals surface area contributed by atoms with Gasteiger partial charge in [0, 0.05) is 6.08 Å². The maximum Gasteiger partial charge on any atom is 0.416 e. The maximum atomic E-state index is 12.8. The first-order chi connectivity index (χ1) is 9.00. The second kappa shape index (κ2) is 5.66. The van der Waals surface area contributed by atoms with Gasteiger partial charge in [-0.3, -0.25) is 4.79 Å². The Labute approximate surface area is 114 Å². The van der Waals surface area contributed by atoms with Crippen LogP contribution in [0.15, 0.2) is 30.3 Å². The summed E-state index contributed by atoms with van der Waals surface area (Å²) in [7, 11) is -3.76. The summed E-state index contributed by atoms with van der Waals surface area (Å²) in [5, 5.41) is 0. The Morgan fingerprint density at radius 1 is 1.25 bits per heavy atom. The molecular formula is C12H12F3NO3S. The standard InChI is InChI=1S/C12H12F3NO3S/c1-8(7-11(17)16-20(2,18)19)9-5-3-4-6-10(9)12(13,14)15/h3-7H,1-2H3,(H,16,17)/b8-7+. The molecule has 8 heteroatoms. The number of carbonyl (C=O) groups is 1. The molecule has 1 rings (SSSR count). The highest BCUT2D eigenvalue weighted by Gasteiger charge is 2.33. The minimum Gasteiger partial charge on any atom is -0.269 e. The summed E-state index contributed by atoms with van der Waals surface area (Å²) in [5.41, 5.74) is -1.05. The monoisotopic (exact) mass is 307 g/mol. The Bertz CT molecular complexity index is 648. The van der Waals surface area contributed by atoms with Crippen LogP contribution in [0.4, 0.5) is 13.2 Å². The van der Waals surface area contributed by atoms with Crippen molar-refractivity contribution < 1.29 is 26.4 Å². The van der Waals surface area contributed by atoms with Gasteiger partial charge >= 0.3 is 6.18 Å². The Kier molecular flexibility index (Phi) is 4.59. The number of nitrogens with one attached hydrogen (secondary N) is 1. The average molecular weight is 307 g/mol. The van der Waals surface area contributed by atoms with Crippen LogP contribution >= 0.6 is 0 Å². The van der Waals surface area contributed by atoms with Gasteiger partial charge in [0.15, 0.2) is 0 Å². The smallest absolute Gasteiger partial charge is 0.269 e. The van der Waals surface area contributed by atoms with Crippen LogP contribution in [0.5, 0.6) is 0 Å². The van der Waals surface area contributed by atoms with E-state index in [1.807, 2.05) is 0 Å². The second-order valence-corrected chi connectivity index (χ2v) is 5.86. The number of hydrogen-bond acceptors (Lipinski definition) is 3. The highest BCUT2D eigenvalue weighted by Crippen LogP contribution is 2.34. The van der Waals surface area contributed by atoms with Gasteiger partial charge in [-0.2, -0.15) is 13.2 Å². The van der Waals surface area contributed by atoms with Crippen LogP contribution in [0.3, 0.4) is 0 Å². The lowest BCUT2D eigenvalue weighted by Crippen LogP contribution is -2.27. The summed E-state index contributed by atoms with van der Waals surface area (Å²) >= 11 is 0. The van der Waals surface area contributed by atoms with Gasteiger partial charge in [0.2, 0.25) is 10.0 Å². The van der Waals surface area contributed by atoms with Crippen LogP contribution in [0.2, 0.25) is 0 Å². The highest BCUT2D eigenvalue weighted by molar-refractivity contribution is 7.89. The molecule has 1 N–H and O–H groups in total. The third kappa shape index (κ3) is 4.69. The Morgan fingerprint density at radius 2 is 1.80 bits per heavy atom. The summed E-state index contributed by atoms with van der Waals surface area (Å²) in [6, 6.07) is 4.73. The quantitative estimate of drug-likeness (QED) is 0.871. The zero-order valence-electron chi connectivity index (χ0n) is 10.7. The van der Waals surface area contributed by atoms with Gasteiger partial charge < -0.3 is 0 Å². The molecule has 0 aliphatic rings. The number of carbonyl (C=O) groups excluding carboxylic acids is 1. The van der Waals surface area contributed by atoms with E-state index in [0.717, 1.165) is 18.4 Å². The number of rotatable bonds is 3. The summed E-state index contributed by atoms with van der Waals surface area (Å²) in [6.45, 7) is 1.30. The zero-order chi connectivity index (χ0) is 15.6. The molecule has 4 nitrogen and oxygen atoms in total. The first-order valence-electron chi connectivity index (χ1n) is 5.37. The van der Waals surface area contributed by atoms with Crippen LogP contribution in [0, 0.1) is 0 Å². The third-order valence-corrected chi connectivity index (χ3v) is 2.86. The summed E-state index contributed by atoms with van der Waals surface area (Å²) in [4.78, 5) is 11.4. The van der Waals surface area contributed by atoms with E-state index in [1.165, 1.54) is 25.1 Å². The molecule has 0 saturated heterocycles. The topological polar surface area (TPSA) is 63.2 Å². The molecule has 0 radical (unpaired) electrons. The first-order valence-corrected chi connectivity index (χ1v) is 7.26. The van der Waals surface area contributed by atoms with Crippen LogP contribution < -0.4 is 4.72 Å². The van der Waals surface area contributed by atoms with Crippen LogP contribution in [-0.4, -0.2) is 20.6 Å². The molecule has 0 aliphatic heterocycles. The van der Waals surface area contributed by atoms with E-state index in [4.69, 9.17) is 0 Å². The summed E-state index contributed by atoms with van der Waals surface area (Å²) < 4.78 is 61.7. The van der Waals surface area contributed by atoms with Crippen molar-refractivity contribution in [2.75, 3.05) is 6.26 Å². The molecule has 0 fully saturated rings. The molecule has 0 unspecified atom stereocenters. The van der Waals surface area contributed by atoms with Crippen molar-refractivity contribution >= 4 is 21.5 Å². The lowest BCUT2D eigenvalue weighted by molar-refractivity contribution is -0.137. The molecular weight excluding hydrogens is 295 g/mol. The van der Waals surface area contributed by atoms with Crippen molar-refractivity contribution in [1.82, 2.24) is 4.72 Å². The maximum absolute atomic E-state index is 12.8. The molecule has 0 saturated carbocycles. The average Bonchev–Trinajstić information content (AvgIpc) is 2.25. The van der Waals surface area contributed by atoms with Crippen LogP contribution in [0.25, 0.3) is 5.57 Å². The van der Waals surface area contributed by atoms with Crippen molar-refractivity contribution in [3.63, 3.8) is 0 Å². The molecule has 1 amide bonds. The van der Waals surface area contributed by atoms with Crippen molar-refractivity contribution in [1.29, 1.82) is 0 Å². The molecule has 110 valence electrons. The molecule has 1 aromatic rings. The first kappa shape index (κ1) is 16.2. The number of benzene rings is 1. The van der Waals surface area contributed by atoms with E-state index >= 15 is 0 Å². The van der Waals surface area contributed by atoms with E-state index in [0.29, 0.717) is 0 Å². The number of alkyl halides is 3. The zero-order valence-corrected chi connectivity index (χ0v) is 11.5. The molecule has 0 aliphatic carbocycles. The minimum absolute atomic E-state index is 0.0130. The molecule has 0 spiro atoms. The number of allylic oxidation sites excluding steroid dienone is 1. The molecule has 0 bridgehead atoms. The molecule has 0 atom stereocenters. The predicted molar refractivity (Wildman–Crippen MR) is 68.1 cm³/mol. The Morgan fingerprint density at radius 3 is 2.30 bits per heavy atom.